The summed E-state index contributed by atoms with van der Waals surface area (Å²) in [6.45, 7) is 1.90. The van der Waals surface area contributed by atoms with Gasteiger partial charge in [0.05, 0.1) is 19.0 Å². The van der Waals surface area contributed by atoms with E-state index in [2.05, 4.69) is 10.1 Å². The first-order valence-electron chi connectivity index (χ1n) is 3.77. The van der Waals surface area contributed by atoms with Gasteiger partial charge < -0.3 is 4.74 Å². The number of ether oxygens (including phenoxy) is 1. The van der Waals surface area contributed by atoms with Crippen LogP contribution in [-0.4, -0.2) is 21.7 Å². The van der Waals surface area contributed by atoms with Crippen molar-refractivity contribution in [2.45, 2.75) is 6.92 Å². The fraction of sp³-hybridized carbons (Fsp3) is 0.250. The van der Waals surface area contributed by atoms with E-state index in [1.165, 1.54) is 0 Å². The molecule has 0 aromatic carbocycles. The molecule has 0 aliphatic heterocycles. The number of nitrogens with zero attached hydrogens (tertiary/aromatic N) is 3. The Balaban J connectivity index is 2.72. The number of imidazole rings is 1. The molecule has 4 nitrogen and oxygen atoms in total. The van der Waals surface area contributed by atoms with Gasteiger partial charge in [-0.15, -0.1) is 0 Å². The van der Waals surface area contributed by atoms with Gasteiger partial charge in [-0.3, -0.25) is 0 Å². The lowest BCUT2D eigenvalue weighted by atomic mass is 10.5. The van der Waals surface area contributed by atoms with Crippen LogP contribution in [0.3, 0.4) is 0 Å². The molecule has 0 radical (unpaired) electrons. The number of methoxy groups -OCH3 is 1. The van der Waals surface area contributed by atoms with Crippen LogP contribution in [0.1, 0.15) is 5.69 Å². The van der Waals surface area contributed by atoms with Crippen molar-refractivity contribution in [1.82, 2.24) is 14.6 Å². The lowest BCUT2D eigenvalue weighted by Gasteiger charge is -2.01. The summed E-state index contributed by atoms with van der Waals surface area (Å²) < 4.78 is 6.64. The molecule has 0 aliphatic carbocycles. The Morgan fingerprint density at radius 2 is 2.31 bits per heavy atom. The Morgan fingerprint density at radius 3 is 3.00 bits per heavy atom. The van der Waals surface area contributed by atoms with Crippen molar-refractivity contribution in [2.75, 3.05) is 7.11 Å². The molecule has 2 aromatic rings. The van der Waals surface area contributed by atoms with Gasteiger partial charge in [0.25, 0.3) is 0 Å². The molecule has 2 aromatic heterocycles. The van der Waals surface area contributed by atoms with Gasteiger partial charge in [0, 0.05) is 6.07 Å². The third kappa shape index (κ3) is 1.33. The minimum absolute atomic E-state index is 0.340. The summed E-state index contributed by atoms with van der Waals surface area (Å²) in [7, 11) is 1.55. The quantitative estimate of drug-likeness (QED) is 0.699. The third-order valence-electron chi connectivity index (χ3n) is 1.71. The molecular formula is C8H8ClN3O. The largest absolute Gasteiger partial charge is 0.493 e. The number of rotatable bonds is 1. The Bertz CT molecular complexity index is 452. The van der Waals surface area contributed by atoms with E-state index in [1.807, 2.05) is 6.92 Å². The number of hydrogen-bond acceptors (Lipinski definition) is 3. The monoisotopic (exact) mass is 197 g/mol. The molecule has 0 N–H and O–H groups in total. The molecule has 0 spiro atoms. The summed E-state index contributed by atoms with van der Waals surface area (Å²) in [4.78, 5) is 4.22. The molecule has 0 fully saturated rings. The lowest BCUT2D eigenvalue weighted by molar-refractivity contribution is 0.412. The maximum Gasteiger partial charge on any atom is 0.192 e. The van der Waals surface area contributed by atoms with Gasteiger partial charge in [0.1, 0.15) is 0 Å². The second kappa shape index (κ2) is 2.88. The Kier molecular flexibility index (Phi) is 1.84. The first-order chi connectivity index (χ1) is 6.20. The number of fused-ring (bicyclic) bond motifs is 1. The van der Waals surface area contributed by atoms with Crippen LogP contribution in [0.25, 0.3) is 5.65 Å². The van der Waals surface area contributed by atoms with E-state index in [-0.39, 0.29) is 0 Å². The standard InChI is InChI=1S/C8H8ClN3O/c1-5-4-12-7(10-5)3-6(13-2)8(9)11-12/h3-4H,1-2H3. The van der Waals surface area contributed by atoms with Gasteiger partial charge in [-0.05, 0) is 6.92 Å². The van der Waals surface area contributed by atoms with Crippen molar-refractivity contribution in [2.24, 2.45) is 0 Å². The highest BCUT2D eigenvalue weighted by Crippen LogP contribution is 2.22. The lowest BCUT2D eigenvalue weighted by Crippen LogP contribution is -1.94. The molecule has 0 saturated carbocycles. The maximum absolute atomic E-state index is 5.83. The topological polar surface area (TPSA) is 39.4 Å². The second-order valence-electron chi connectivity index (χ2n) is 2.69. The van der Waals surface area contributed by atoms with E-state index in [1.54, 1.807) is 23.9 Å². The molecule has 5 heteroatoms. The van der Waals surface area contributed by atoms with Gasteiger partial charge in [0.15, 0.2) is 16.5 Å². The highest BCUT2D eigenvalue weighted by atomic mass is 35.5. The van der Waals surface area contributed by atoms with Gasteiger partial charge >= 0.3 is 0 Å². The average molecular weight is 198 g/mol. The summed E-state index contributed by atoms with van der Waals surface area (Å²) in [6.07, 6.45) is 1.81. The summed E-state index contributed by atoms with van der Waals surface area (Å²) in [5, 5.41) is 4.40. The predicted octanol–water partition coefficient (Wildman–Crippen LogP) is 1.70. The van der Waals surface area contributed by atoms with Crippen molar-refractivity contribution < 1.29 is 4.74 Å². The molecule has 0 atom stereocenters. The minimum atomic E-state index is 0.340. The van der Waals surface area contributed by atoms with Crippen molar-refractivity contribution in [3.05, 3.63) is 23.1 Å². The maximum atomic E-state index is 5.83. The zero-order valence-corrected chi connectivity index (χ0v) is 8.04. The van der Waals surface area contributed by atoms with Crippen LogP contribution in [0.15, 0.2) is 12.3 Å². The van der Waals surface area contributed by atoms with E-state index in [4.69, 9.17) is 16.3 Å². The van der Waals surface area contributed by atoms with E-state index >= 15 is 0 Å². The van der Waals surface area contributed by atoms with Crippen LogP contribution >= 0.6 is 11.6 Å². The van der Waals surface area contributed by atoms with Crippen LogP contribution in [-0.2, 0) is 0 Å². The molecule has 13 heavy (non-hydrogen) atoms. The molecular weight excluding hydrogens is 190 g/mol. The first kappa shape index (κ1) is 8.31. The molecule has 0 unspecified atom stereocenters. The zero-order chi connectivity index (χ0) is 9.42. The average Bonchev–Trinajstić information content (AvgIpc) is 2.42. The van der Waals surface area contributed by atoms with E-state index in [9.17, 15) is 0 Å². The number of halogens is 1. The van der Waals surface area contributed by atoms with Crippen LogP contribution in [0.5, 0.6) is 5.75 Å². The van der Waals surface area contributed by atoms with Gasteiger partial charge in [0.2, 0.25) is 0 Å². The highest BCUT2D eigenvalue weighted by molar-refractivity contribution is 6.30. The predicted molar refractivity (Wildman–Crippen MR) is 49.3 cm³/mol. The van der Waals surface area contributed by atoms with Crippen LogP contribution in [0, 0.1) is 6.92 Å². The first-order valence-corrected chi connectivity index (χ1v) is 4.15. The Labute approximate surface area is 80.1 Å². The molecule has 2 heterocycles. The smallest absolute Gasteiger partial charge is 0.192 e. The SMILES string of the molecule is COc1cc2nc(C)cn2nc1Cl. The van der Waals surface area contributed by atoms with Crippen molar-refractivity contribution in [3.8, 4) is 5.75 Å². The van der Waals surface area contributed by atoms with Crippen LogP contribution < -0.4 is 4.74 Å². The second-order valence-corrected chi connectivity index (χ2v) is 3.05. The fourth-order valence-electron chi connectivity index (χ4n) is 1.15. The summed E-state index contributed by atoms with van der Waals surface area (Å²) in [5.41, 5.74) is 1.63. The Morgan fingerprint density at radius 1 is 1.54 bits per heavy atom. The number of hydrogen-bond donors (Lipinski definition) is 0. The van der Waals surface area contributed by atoms with Crippen LogP contribution in [0.4, 0.5) is 0 Å². The molecule has 0 bridgehead atoms. The van der Waals surface area contributed by atoms with Crippen molar-refractivity contribution in [3.63, 3.8) is 0 Å². The molecule has 0 saturated heterocycles. The molecule has 0 amide bonds. The normalized spacial score (nSPS) is 10.7. The minimum Gasteiger partial charge on any atom is -0.493 e. The number of aromatic nitrogens is 3. The highest BCUT2D eigenvalue weighted by Gasteiger charge is 2.06. The summed E-state index contributed by atoms with van der Waals surface area (Å²) in [5.74, 6) is 0.541. The van der Waals surface area contributed by atoms with Gasteiger partial charge in [-0.2, -0.15) is 5.10 Å². The third-order valence-corrected chi connectivity index (χ3v) is 1.98. The van der Waals surface area contributed by atoms with Crippen LogP contribution in [0.2, 0.25) is 5.15 Å². The molecule has 2 rings (SSSR count). The van der Waals surface area contributed by atoms with Crippen molar-refractivity contribution >= 4 is 17.2 Å². The zero-order valence-electron chi connectivity index (χ0n) is 7.28. The molecule has 68 valence electrons. The van der Waals surface area contributed by atoms with Gasteiger partial charge in [-0.1, -0.05) is 11.6 Å². The molecule has 0 aliphatic rings. The summed E-state index contributed by atoms with van der Waals surface area (Å²) in [6, 6.07) is 1.75. The Hall–Kier alpha value is -1.29. The van der Waals surface area contributed by atoms with E-state index < -0.39 is 0 Å². The summed E-state index contributed by atoms with van der Waals surface area (Å²) >= 11 is 5.83. The fourth-order valence-corrected chi connectivity index (χ4v) is 1.36. The van der Waals surface area contributed by atoms with E-state index in [0.29, 0.717) is 10.9 Å². The van der Waals surface area contributed by atoms with Crippen molar-refractivity contribution in [1.29, 1.82) is 0 Å². The van der Waals surface area contributed by atoms with Gasteiger partial charge in [-0.25, -0.2) is 9.50 Å². The number of aryl methyl sites for hydroxylation is 1. The van der Waals surface area contributed by atoms with E-state index in [0.717, 1.165) is 11.3 Å².